The zero-order valence-electron chi connectivity index (χ0n) is 20.8. The summed E-state index contributed by atoms with van der Waals surface area (Å²) in [6.07, 6.45) is 1.74. The van der Waals surface area contributed by atoms with Gasteiger partial charge in [0, 0.05) is 0 Å². The largest absolute Gasteiger partial charge is 0.491 e. The van der Waals surface area contributed by atoms with Gasteiger partial charge in [-0.25, -0.2) is 9.79 Å². The third-order valence-corrected chi connectivity index (χ3v) is 7.01. The van der Waals surface area contributed by atoms with Crippen molar-refractivity contribution < 1.29 is 19.0 Å². The smallest absolute Gasteiger partial charge is 0.338 e. The first-order valence-corrected chi connectivity index (χ1v) is 12.7. The summed E-state index contributed by atoms with van der Waals surface area (Å²) in [5.41, 5.74) is 3.18. The summed E-state index contributed by atoms with van der Waals surface area (Å²) >= 11 is 7.67. The Morgan fingerprint density at radius 2 is 1.89 bits per heavy atom. The first-order chi connectivity index (χ1) is 17.3. The van der Waals surface area contributed by atoms with Crippen molar-refractivity contribution >= 4 is 35.0 Å². The van der Waals surface area contributed by atoms with Crippen molar-refractivity contribution in [2.24, 2.45) is 4.99 Å². The van der Waals surface area contributed by atoms with E-state index < -0.39 is 12.0 Å². The van der Waals surface area contributed by atoms with Crippen LogP contribution in [0.1, 0.15) is 43.5 Å². The van der Waals surface area contributed by atoms with Crippen molar-refractivity contribution in [1.82, 2.24) is 4.57 Å². The van der Waals surface area contributed by atoms with E-state index in [0.29, 0.717) is 49.3 Å². The number of nitrogens with zero attached hydrogens (tertiary/aromatic N) is 2. The summed E-state index contributed by atoms with van der Waals surface area (Å²) < 4.78 is 18.4. The highest BCUT2D eigenvalue weighted by Crippen LogP contribution is 2.36. The third-order valence-electron chi connectivity index (χ3n) is 5.74. The van der Waals surface area contributed by atoms with E-state index in [-0.39, 0.29) is 12.2 Å². The number of carbonyl (C=O) groups excluding carboxylic acids is 1. The Morgan fingerprint density at radius 3 is 2.53 bits per heavy atom. The van der Waals surface area contributed by atoms with Gasteiger partial charge in [0.25, 0.3) is 5.56 Å². The van der Waals surface area contributed by atoms with Gasteiger partial charge in [0.05, 0.1) is 47.2 Å². The van der Waals surface area contributed by atoms with E-state index in [1.165, 1.54) is 18.4 Å². The quantitative estimate of drug-likeness (QED) is 0.432. The molecule has 188 valence electrons. The molecule has 0 bridgehead atoms. The number of halogens is 1. The molecule has 4 rings (SSSR count). The van der Waals surface area contributed by atoms with Crippen LogP contribution >= 0.6 is 22.9 Å². The van der Waals surface area contributed by atoms with Gasteiger partial charge in [-0.2, -0.15) is 0 Å². The van der Waals surface area contributed by atoms with Crippen LogP contribution in [0.5, 0.6) is 11.5 Å². The highest BCUT2D eigenvalue weighted by Gasteiger charge is 2.33. The average Bonchev–Trinajstić information content (AvgIpc) is 3.13. The Balaban J connectivity index is 1.93. The topological polar surface area (TPSA) is 79.1 Å². The molecule has 0 amide bonds. The van der Waals surface area contributed by atoms with Gasteiger partial charge in [-0.1, -0.05) is 52.8 Å². The van der Waals surface area contributed by atoms with Crippen LogP contribution in [-0.4, -0.2) is 30.9 Å². The van der Waals surface area contributed by atoms with E-state index >= 15 is 0 Å². The van der Waals surface area contributed by atoms with E-state index in [2.05, 4.69) is 4.99 Å². The minimum Gasteiger partial charge on any atom is -0.491 e. The Bertz CT molecular complexity index is 1520. The summed E-state index contributed by atoms with van der Waals surface area (Å²) in [5, 5.41) is 0.375. The van der Waals surface area contributed by atoms with Crippen LogP contribution in [0.4, 0.5) is 0 Å². The predicted molar refractivity (Wildman–Crippen MR) is 141 cm³/mol. The second kappa shape index (κ2) is 10.7. The molecule has 3 aromatic rings. The molecule has 36 heavy (non-hydrogen) atoms. The molecule has 0 radical (unpaired) electrons. The fourth-order valence-corrected chi connectivity index (χ4v) is 5.48. The lowest BCUT2D eigenvalue weighted by atomic mass is 9.95. The van der Waals surface area contributed by atoms with Crippen molar-refractivity contribution in [2.75, 3.05) is 20.3 Å². The first-order valence-electron chi connectivity index (χ1n) is 11.6. The summed E-state index contributed by atoms with van der Waals surface area (Å²) in [6, 6.07) is 10.6. The Labute approximate surface area is 217 Å². The fourth-order valence-electron chi connectivity index (χ4n) is 4.14. The molecule has 1 aliphatic rings. The summed E-state index contributed by atoms with van der Waals surface area (Å²) in [7, 11) is 1.52. The molecule has 2 heterocycles. The van der Waals surface area contributed by atoms with Gasteiger partial charge < -0.3 is 14.2 Å². The van der Waals surface area contributed by atoms with Gasteiger partial charge in [0.15, 0.2) is 16.3 Å². The maximum Gasteiger partial charge on any atom is 0.338 e. The Morgan fingerprint density at radius 1 is 1.17 bits per heavy atom. The molecule has 0 saturated heterocycles. The minimum atomic E-state index is -0.651. The lowest BCUT2D eigenvalue weighted by molar-refractivity contribution is -0.139. The first kappa shape index (κ1) is 25.7. The number of esters is 1. The molecule has 0 fully saturated rings. The summed E-state index contributed by atoms with van der Waals surface area (Å²) in [6.45, 7) is 8.03. The summed E-state index contributed by atoms with van der Waals surface area (Å²) in [5.74, 6) is 0.442. The summed E-state index contributed by atoms with van der Waals surface area (Å²) in [4.78, 5) is 31.8. The predicted octanol–water partition coefficient (Wildman–Crippen LogP) is 4.17. The minimum absolute atomic E-state index is 0.223. The zero-order chi connectivity index (χ0) is 26.0. The molecule has 0 saturated carbocycles. The number of benzene rings is 2. The lowest BCUT2D eigenvalue weighted by Crippen LogP contribution is -2.39. The maximum atomic E-state index is 13.7. The molecule has 0 unspecified atom stereocenters. The van der Waals surface area contributed by atoms with Crippen LogP contribution in [-0.2, 0) is 9.53 Å². The third kappa shape index (κ3) is 4.83. The van der Waals surface area contributed by atoms with Gasteiger partial charge >= 0.3 is 5.97 Å². The Kier molecular flexibility index (Phi) is 7.66. The number of carbonyl (C=O) groups is 1. The highest BCUT2D eigenvalue weighted by molar-refractivity contribution is 7.07. The molecular formula is C27H27ClN2O5S. The number of fused-ring (bicyclic) bond motifs is 1. The van der Waals surface area contributed by atoms with Crippen molar-refractivity contribution in [2.45, 2.75) is 33.7 Å². The fraction of sp³-hybridized carbons (Fsp3) is 0.296. The second-order valence-electron chi connectivity index (χ2n) is 8.18. The van der Waals surface area contributed by atoms with E-state index in [4.69, 9.17) is 25.8 Å². The van der Waals surface area contributed by atoms with Gasteiger partial charge in [-0.3, -0.25) is 9.36 Å². The van der Waals surface area contributed by atoms with E-state index in [0.717, 1.165) is 11.1 Å². The van der Waals surface area contributed by atoms with Gasteiger partial charge in [-0.05, 0) is 57.0 Å². The lowest BCUT2D eigenvalue weighted by Gasteiger charge is -2.24. The Hall–Kier alpha value is -3.36. The molecule has 0 spiro atoms. The van der Waals surface area contributed by atoms with Crippen molar-refractivity contribution in [1.29, 1.82) is 0 Å². The molecule has 9 heteroatoms. The monoisotopic (exact) mass is 526 g/mol. The van der Waals surface area contributed by atoms with Crippen molar-refractivity contribution in [3.05, 3.63) is 89.1 Å². The molecule has 2 aromatic carbocycles. The molecule has 1 atom stereocenters. The average molecular weight is 527 g/mol. The number of hydrogen-bond acceptors (Lipinski definition) is 7. The standard InChI is InChI=1S/C27H27ClN2O5S/c1-6-34-20-13-17(12-19(28)24(20)33-5)14-21-25(31)30-23(18-10-8-15(3)9-11-18)22(26(32)35-7-2)16(4)29-27(30)36-21/h8-14,23H,6-7H2,1-5H3/b21-14+/t23-/m1/s1. The van der Waals surface area contributed by atoms with Gasteiger partial charge in [-0.15, -0.1) is 0 Å². The molecule has 1 aromatic heterocycles. The number of allylic oxidation sites excluding steroid dienone is 1. The van der Waals surface area contributed by atoms with Crippen LogP contribution in [0.15, 0.2) is 57.5 Å². The van der Waals surface area contributed by atoms with Crippen LogP contribution < -0.4 is 24.4 Å². The number of aromatic nitrogens is 1. The van der Waals surface area contributed by atoms with E-state index in [1.54, 1.807) is 36.6 Å². The number of hydrogen-bond donors (Lipinski definition) is 0. The van der Waals surface area contributed by atoms with E-state index in [9.17, 15) is 9.59 Å². The van der Waals surface area contributed by atoms with Crippen LogP contribution in [0.3, 0.4) is 0 Å². The number of ether oxygens (including phenoxy) is 3. The molecular weight excluding hydrogens is 500 g/mol. The number of methoxy groups -OCH3 is 1. The maximum absolute atomic E-state index is 13.7. The van der Waals surface area contributed by atoms with Crippen molar-refractivity contribution in [3.8, 4) is 11.5 Å². The van der Waals surface area contributed by atoms with Crippen molar-refractivity contribution in [3.63, 3.8) is 0 Å². The number of rotatable bonds is 7. The van der Waals surface area contributed by atoms with Gasteiger partial charge in [0.1, 0.15) is 0 Å². The second-order valence-corrected chi connectivity index (χ2v) is 9.60. The SMILES string of the molecule is CCOC(=O)C1=C(C)N=c2s/c(=C/c3cc(Cl)c(OC)c(OCC)c3)c(=O)n2[C@@H]1c1ccc(C)cc1. The van der Waals surface area contributed by atoms with Crippen LogP contribution in [0.2, 0.25) is 5.02 Å². The molecule has 1 aliphatic heterocycles. The normalized spacial score (nSPS) is 15.4. The van der Waals surface area contributed by atoms with E-state index in [1.807, 2.05) is 38.1 Å². The van der Waals surface area contributed by atoms with Crippen LogP contribution in [0.25, 0.3) is 6.08 Å². The van der Waals surface area contributed by atoms with Crippen LogP contribution in [0, 0.1) is 6.92 Å². The van der Waals surface area contributed by atoms with Gasteiger partial charge in [0.2, 0.25) is 0 Å². The number of thiazole rings is 1. The highest BCUT2D eigenvalue weighted by atomic mass is 35.5. The molecule has 0 aliphatic carbocycles. The molecule has 0 N–H and O–H groups in total. The molecule has 7 nitrogen and oxygen atoms in total. The zero-order valence-corrected chi connectivity index (χ0v) is 22.3. The number of aryl methyl sites for hydroxylation is 1.